The van der Waals surface area contributed by atoms with Gasteiger partial charge < -0.3 is 14.2 Å². The highest BCUT2D eigenvalue weighted by molar-refractivity contribution is 5.95. The molecule has 6 heteroatoms. The molecule has 0 N–H and O–H groups in total. The molecule has 154 valence electrons. The third kappa shape index (κ3) is 3.97. The average Bonchev–Trinajstić information content (AvgIpc) is 3.37. The minimum Gasteiger partial charge on any atom is -0.466 e. The summed E-state index contributed by atoms with van der Waals surface area (Å²) in [5, 5.41) is 0. The van der Waals surface area contributed by atoms with E-state index in [2.05, 4.69) is 9.80 Å². The Hall–Kier alpha value is -1.82. The van der Waals surface area contributed by atoms with Gasteiger partial charge in [-0.3, -0.25) is 14.5 Å². The Balaban J connectivity index is 1.31. The second-order valence-electron chi connectivity index (χ2n) is 8.72. The third-order valence-electron chi connectivity index (χ3n) is 6.76. The van der Waals surface area contributed by atoms with E-state index < -0.39 is 0 Å². The molecule has 3 fully saturated rings. The van der Waals surface area contributed by atoms with E-state index in [-0.39, 0.29) is 11.8 Å². The fourth-order valence-corrected chi connectivity index (χ4v) is 5.18. The first kappa shape index (κ1) is 19.5. The summed E-state index contributed by atoms with van der Waals surface area (Å²) in [4.78, 5) is 32.2. The van der Waals surface area contributed by atoms with Gasteiger partial charge in [-0.2, -0.15) is 0 Å². The first-order valence-electron chi connectivity index (χ1n) is 10.9. The van der Waals surface area contributed by atoms with Crippen molar-refractivity contribution in [2.75, 3.05) is 39.3 Å². The topological polar surface area (TPSA) is 57.0 Å². The van der Waals surface area contributed by atoms with Crippen LogP contribution in [0.25, 0.3) is 0 Å². The maximum Gasteiger partial charge on any atom is 0.257 e. The Kier molecular flexibility index (Phi) is 5.76. The molecular weight excluding hydrogens is 354 g/mol. The van der Waals surface area contributed by atoms with Gasteiger partial charge in [-0.05, 0) is 65.0 Å². The molecule has 0 aromatic carbocycles. The van der Waals surface area contributed by atoms with E-state index in [9.17, 15) is 9.59 Å². The number of aryl methyl sites for hydroxylation is 2. The Bertz CT molecular complexity index is 715. The van der Waals surface area contributed by atoms with Gasteiger partial charge >= 0.3 is 0 Å². The molecule has 28 heavy (non-hydrogen) atoms. The summed E-state index contributed by atoms with van der Waals surface area (Å²) < 4.78 is 5.53. The number of carbonyl (C=O) groups excluding carboxylic acids is 2. The van der Waals surface area contributed by atoms with E-state index in [1.54, 1.807) is 0 Å². The second-order valence-corrected chi connectivity index (χ2v) is 8.72. The molecule has 1 aromatic rings. The zero-order chi connectivity index (χ0) is 19.7. The Morgan fingerprint density at radius 1 is 0.929 bits per heavy atom. The maximum atomic E-state index is 12.8. The second kappa shape index (κ2) is 8.27. The lowest BCUT2D eigenvalue weighted by molar-refractivity contribution is -0.136. The van der Waals surface area contributed by atoms with Gasteiger partial charge in [-0.25, -0.2) is 0 Å². The normalized spacial score (nSPS) is 24.7. The molecule has 1 atom stereocenters. The lowest BCUT2D eigenvalue weighted by Crippen LogP contribution is -2.51. The van der Waals surface area contributed by atoms with Crippen LogP contribution in [0.5, 0.6) is 0 Å². The molecule has 3 aliphatic heterocycles. The van der Waals surface area contributed by atoms with Crippen LogP contribution in [-0.4, -0.2) is 71.8 Å². The molecule has 6 nitrogen and oxygen atoms in total. The van der Waals surface area contributed by atoms with Crippen molar-refractivity contribution in [2.45, 2.75) is 58.4 Å². The average molecular weight is 388 g/mol. The highest BCUT2D eigenvalue weighted by atomic mass is 16.3. The highest BCUT2D eigenvalue weighted by Crippen LogP contribution is 2.27. The van der Waals surface area contributed by atoms with E-state index in [1.165, 1.54) is 0 Å². The number of hydrogen-bond acceptors (Lipinski definition) is 4. The molecule has 4 rings (SSSR count). The standard InChI is InChI=1S/C22H33N3O3/c1-16-14-20(17(2)28-16)22(27)24-12-7-19(8-13-24)25-11-5-6-18(15-25)21(26)23-9-3-4-10-23/h14,18-19H,3-13,15H2,1-2H3. The smallest absolute Gasteiger partial charge is 0.257 e. The zero-order valence-corrected chi connectivity index (χ0v) is 17.3. The molecule has 3 saturated heterocycles. The quantitative estimate of drug-likeness (QED) is 0.800. The fraction of sp³-hybridized carbons (Fsp3) is 0.727. The Morgan fingerprint density at radius 2 is 1.64 bits per heavy atom. The van der Waals surface area contributed by atoms with Crippen LogP contribution in [0.3, 0.4) is 0 Å². The number of likely N-dealkylation sites (tertiary alicyclic amines) is 3. The van der Waals surface area contributed by atoms with Crippen LogP contribution in [0, 0.1) is 19.8 Å². The van der Waals surface area contributed by atoms with Crippen LogP contribution < -0.4 is 0 Å². The van der Waals surface area contributed by atoms with Crippen LogP contribution in [0.2, 0.25) is 0 Å². The molecule has 0 aliphatic carbocycles. The summed E-state index contributed by atoms with van der Waals surface area (Å²) in [6.45, 7) is 9.19. The largest absolute Gasteiger partial charge is 0.466 e. The van der Waals surface area contributed by atoms with Crippen molar-refractivity contribution in [3.8, 4) is 0 Å². The van der Waals surface area contributed by atoms with Crippen molar-refractivity contribution in [1.29, 1.82) is 0 Å². The van der Waals surface area contributed by atoms with E-state index >= 15 is 0 Å². The van der Waals surface area contributed by atoms with Crippen molar-refractivity contribution in [1.82, 2.24) is 14.7 Å². The van der Waals surface area contributed by atoms with Gasteiger partial charge in [0.25, 0.3) is 5.91 Å². The predicted octanol–water partition coefficient (Wildman–Crippen LogP) is 2.84. The Morgan fingerprint density at radius 3 is 2.29 bits per heavy atom. The van der Waals surface area contributed by atoms with Crippen LogP contribution in [0.4, 0.5) is 0 Å². The van der Waals surface area contributed by atoms with E-state index in [1.807, 2.05) is 24.8 Å². The molecule has 4 heterocycles. The van der Waals surface area contributed by atoms with Gasteiger partial charge in [-0.15, -0.1) is 0 Å². The number of carbonyl (C=O) groups is 2. The number of nitrogens with zero attached hydrogens (tertiary/aromatic N) is 3. The van der Waals surface area contributed by atoms with Gasteiger partial charge in [0.1, 0.15) is 11.5 Å². The first-order valence-corrected chi connectivity index (χ1v) is 10.9. The van der Waals surface area contributed by atoms with Crippen molar-refractivity contribution in [2.24, 2.45) is 5.92 Å². The minimum absolute atomic E-state index is 0.0912. The van der Waals surface area contributed by atoms with Crippen molar-refractivity contribution < 1.29 is 14.0 Å². The monoisotopic (exact) mass is 387 g/mol. The van der Waals surface area contributed by atoms with Gasteiger partial charge in [0, 0.05) is 38.8 Å². The molecular formula is C22H33N3O3. The van der Waals surface area contributed by atoms with Crippen LogP contribution in [0.15, 0.2) is 10.5 Å². The molecule has 0 saturated carbocycles. The van der Waals surface area contributed by atoms with Crippen molar-refractivity contribution >= 4 is 11.8 Å². The van der Waals surface area contributed by atoms with Crippen molar-refractivity contribution in [3.63, 3.8) is 0 Å². The van der Waals surface area contributed by atoms with Gasteiger partial charge in [0.05, 0.1) is 11.5 Å². The lowest BCUT2D eigenvalue weighted by atomic mass is 9.92. The SMILES string of the molecule is Cc1cc(C(=O)N2CCC(N3CCCC(C(=O)N4CCCC4)C3)CC2)c(C)o1. The molecule has 0 spiro atoms. The molecule has 1 unspecified atom stereocenters. The number of piperidine rings is 2. The third-order valence-corrected chi connectivity index (χ3v) is 6.76. The number of amides is 2. The fourth-order valence-electron chi connectivity index (χ4n) is 5.18. The number of furan rings is 1. The van der Waals surface area contributed by atoms with Gasteiger partial charge in [0.15, 0.2) is 0 Å². The molecule has 3 aliphatic rings. The zero-order valence-electron chi connectivity index (χ0n) is 17.3. The van der Waals surface area contributed by atoms with Crippen LogP contribution in [0.1, 0.15) is 60.4 Å². The molecule has 0 bridgehead atoms. The van der Waals surface area contributed by atoms with Gasteiger partial charge in [-0.1, -0.05) is 0 Å². The van der Waals surface area contributed by atoms with Crippen molar-refractivity contribution in [3.05, 3.63) is 23.2 Å². The summed E-state index contributed by atoms with van der Waals surface area (Å²) in [5.74, 6) is 2.14. The lowest BCUT2D eigenvalue weighted by Gasteiger charge is -2.42. The first-order chi connectivity index (χ1) is 13.5. The van der Waals surface area contributed by atoms with Gasteiger partial charge in [0.2, 0.25) is 5.91 Å². The molecule has 2 amide bonds. The van der Waals surface area contributed by atoms with E-state index in [0.29, 0.717) is 23.3 Å². The summed E-state index contributed by atoms with van der Waals surface area (Å²) in [5.41, 5.74) is 0.699. The Labute approximate surface area is 167 Å². The summed E-state index contributed by atoms with van der Waals surface area (Å²) in [7, 11) is 0. The summed E-state index contributed by atoms with van der Waals surface area (Å²) in [6.07, 6.45) is 6.44. The minimum atomic E-state index is 0.0912. The van der Waals surface area contributed by atoms with Crippen LogP contribution in [-0.2, 0) is 4.79 Å². The summed E-state index contributed by atoms with van der Waals surface area (Å²) >= 11 is 0. The predicted molar refractivity (Wildman–Crippen MR) is 107 cm³/mol. The summed E-state index contributed by atoms with van der Waals surface area (Å²) in [6, 6.07) is 2.34. The molecule has 1 aromatic heterocycles. The van der Waals surface area contributed by atoms with Crippen LogP contribution >= 0.6 is 0 Å². The number of hydrogen-bond donors (Lipinski definition) is 0. The maximum absolute atomic E-state index is 12.8. The highest BCUT2D eigenvalue weighted by Gasteiger charge is 2.35. The molecule has 0 radical (unpaired) electrons. The number of rotatable bonds is 3. The van der Waals surface area contributed by atoms with E-state index in [4.69, 9.17) is 4.42 Å². The van der Waals surface area contributed by atoms with E-state index in [0.717, 1.165) is 83.6 Å².